The monoisotopic (exact) mass is 283 g/mol. The zero-order valence-electron chi connectivity index (χ0n) is 8.74. The number of hydrogen-bond acceptors (Lipinski definition) is 2. The van der Waals surface area contributed by atoms with Crippen molar-refractivity contribution in [2.24, 2.45) is 7.05 Å². The van der Waals surface area contributed by atoms with Crippen LogP contribution in [0.5, 0.6) is 0 Å². The molecule has 0 atom stereocenters. The summed E-state index contributed by atoms with van der Waals surface area (Å²) in [5, 5.41) is 7.06. The maximum Gasteiger partial charge on any atom is 0.147 e. The molecule has 0 unspecified atom stereocenters. The summed E-state index contributed by atoms with van der Waals surface area (Å²) in [5.41, 5.74) is 1.51. The fourth-order valence-corrected chi connectivity index (χ4v) is 1.73. The van der Waals surface area contributed by atoms with Crippen LogP contribution in [-0.4, -0.2) is 9.78 Å². The second-order valence-corrected chi connectivity index (χ2v) is 4.42. The summed E-state index contributed by atoms with van der Waals surface area (Å²) in [6.45, 7) is 0.562. The van der Waals surface area contributed by atoms with E-state index in [1.807, 2.05) is 13.2 Å². The van der Waals surface area contributed by atoms with Crippen molar-refractivity contribution in [1.29, 1.82) is 0 Å². The smallest absolute Gasteiger partial charge is 0.147 e. The van der Waals surface area contributed by atoms with Crippen LogP contribution in [0.25, 0.3) is 0 Å². The second kappa shape index (κ2) is 4.65. The van der Waals surface area contributed by atoms with Crippen molar-refractivity contribution in [1.82, 2.24) is 9.78 Å². The number of aromatic nitrogens is 2. The summed E-state index contributed by atoms with van der Waals surface area (Å²) in [4.78, 5) is 0. The van der Waals surface area contributed by atoms with E-state index in [0.717, 1.165) is 10.0 Å². The van der Waals surface area contributed by atoms with Crippen LogP contribution in [0, 0.1) is 5.82 Å². The molecule has 5 heteroatoms. The fraction of sp³-hybridized carbons (Fsp3) is 0.182. The van der Waals surface area contributed by atoms with E-state index in [0.29, 0.717) is 12.2 Å². The molecular formula is C11H11BrFN3. The van der Waals surface area contributed by atoms with Crippen molar-refractivity contribution in [3.63, 3.8) is 0 Å². The molecule has 1 aromatic carbocycles. The van der Waals surface area contributed by atoms with Crippen LogP contribution in [0.15, 0.2) is 35.1 Å². The zero-order chi connectivity index (χ0) is 11.5. The molecule has 0 spiro atoms. The van der Waals surface area contributed by atoms with Crippen LogP contribution in [0.4, 0.5) is 10.1 Å². The first-order chi connectivity index (χ1) is 7.65. The third kappa shape index (κ3) is 2.61. The van der Waals surface area contributed by atoms with Crippen LogP contribution in [0.3, 0.4) is 0 Å². The molecule has 0 fully saturated rings. The van der Waals surface area contributed by atoms with E-state index in [2.05, 4.69) is 26.3 Å². The predicted molar refractivity (Wildman–Crippen MR) is 64.6 cm³/mol. The highest BCUT2D eigenvalue weighted by Gasteiger charge is 2.02. The maximum absolute atomic E-state index is 13.4. The summed E-state index contributed by atoms with van der Waals surface area (Å²) in [6, 6.07) is 4.94. The fourth-order valence-electron chi connectivity index (χ4n) is 1.39. The minimum Gasteiger partial charge on any atom is -0.378 e. The van der Waals surface area contributed by atoms with Gasteiger partial charge in [0.25, 0.3) is 0 Å². The second-order valence-electron chi connectivity index (χ2n) is 3.50. The van der Waals surface area contributed by atoms with Crippen LogP contribution < -0.4 is 5.32 Å². The van der Waals surface area contributed by atoms with Crippen molar-refractivity contribution >= 4 is 21.6 Å². The van der Waals surface area contributed by atoms with E-state index in [-0.39, 0.29) is 5.82 Å². The molecule has 0 bridgehead atoms. The van der Waals surface area contributed by atoms with Crippen LogP contribution in [0.1, 0.15) is 5.56 Å². The molecule has 0 aliphatic rings. The van der Waals surface area contributed by atoms with Gasteiger partial charge in [0.05, 0.1) is 11.9 Å². The molecule has 0 amide bonds. The highest BCUT2D eigenvalue weighted by molar-refractivity contribution is 9.10. The number of nitrogens with one attached hydrogen (secondary N) is 1. The third-order valence-corrected chi connectivity index (χ3v) is 2.67. The Morgan fingerprint density at radius 2 is 2.31 bits per heavy atom. The van der Waals surface area contributed by atoms with E-state index in [1.54, 1.807) is 23.0 Å². The van der Waals surface area contributed by atoms with Gasteiger partial charge in [-0.15, -0.1) is 0 Å². The van der Waals surface area contributed by atoms with Gasteiger partial charge < -0.3 is 5.32 Å². The van der Waals surface area contributed by atoms with Gasteiger partial charge in [-0.25, -0.2) is 4.39 Å². The van der Waals surface area contributed by atoms with Gasteiger partial charge in [0, 0.05) is 29.8 Å². The van der Waals surface area contributed by atoms with Crippen molar-refractivity contribution in [3.8, 4) is 0 Å². The molecule has 84 valence electrons. The lowest BCUT2D eigenvalue weighted by Gasteiger charge is -2.06. The Morgan fingerprint density at radius 1 is 1.50 bits per heavy atom. The molecule has 16 heavy (non-hydrogen) atoms. The molecule has 2 rings (SSSR count). The van der Waals surface area contributed by atoms with E-state index in [9.17, 15) is 4.39 Å². The lowest BCUT2D eigenvalue weighted by atomic mass is 10.3. The average Bonchev–Trinajstić information content (AvgIpc) is 2.63. The average molecular weight is 284 g/mol. The van der Waals surface area contributed by atoms with E-state index >= 15 is 0 Å². The van der Waals surface area contributed by atoms with Gasteiger partial charge in [-0.1, -0.05) is 15.9 Å². The predicted octanol–water partition coefficient (Wildman–Crippen LogP) is 2.93. The van der Waals surface area contributed by atoms with E-state index < -0.39 is 0 Å². The Bertz CT molecular complexity index is 496. The van der Waals surface area contributed by atoms with Crippen LogP contribution in [0.2, 0.25) is 0 Å². The summed E-state index contributed by atoms with van der Waals surface area (Å²) in [6.07, 6.45) is 3.65. The summed E-state index contributed by atoms with van der Waals surface area (Å²) < 4.78 is 15.9. The molecule has 0 aliphatic carbocycles. The van der Waals surface area contributed by atoms with E-state index in [1.165, 1.54) is 6.07 Å². The van der Waals surface area contributed by atoms with Crippen LogP contribution in [-0.2, 0) is 13.6 Å². The number of halogens is 2. The van der Waals surface area contributed by atoms with Gasteiger partial charge in [0.1, 0.15) is 5.82 Å². The highest BCUT2D eigenvalue weighted by Crippen LogP contribution is 2.19. The number of anilines is 1. The molecule has 1 aromatic heterocycles. The molecule has 3 nitrogen and oxygen atoms in total. The summed E-state index contributed by atoms with van der Waals surface area (Å²) in [7, 11) is 1.85. The number of rotatable bonds is 3. The van der Waals surface area contributed by atoms with Crippen LogP contribution >= 0.6 is 15.9 Å². The Labute approximate surface area is 101 Å². The first-order valence-electron chi connectivity index (χ1n) is 4.81. The Kier molecular flexibility index (Phi) is 3.24. The van der Waals surface area contributed by atoms with Crippen molar-refractivity contribution in [2.45, 2.75) is 6.54 Å². The number of aryl methyl sites for hydroxylation is 1. The molecule has 0 saturated carbocycles. The Morgan fingerprint density at radius 3 is 2.94 bits per heavy atom. The lowest BCUT2D eigenvalue weighted by molar-refractivity contribution is 0.629. The molecule has 0 saturated heterocycles. The lowest BCUT2D eigenvalue weighted by Crippen LogP contribution is -2.00. The largest absolute Gasteiger partial charge is 0.378 e. The molecule has 0 aliphatic heterocycles. The highest BCUT2D eigenvalue weighted by atomic mass is 79.9. The summed E-state index contributed by atoms with van der Waals surface area (Å²) >= 11 is 3.21. The number of nitrogens with zero attached hydrogens (tertiary/aromatic N) is 2. The molecule has 2 aromatic rings. The number of benzene rings is 1. The van der Waals surface area contributed by atoms with Gasteiger partial charge in [-0.05, 0) is 18.2 Å². The minimum atomic E-state index is -0.265. The molecule has 1 heterocycles. The maximum atomic E-state index is 13.4. The standard InChI is InChI=1S/C11H11BrFN3/c1-16-7-8(6-15-16)5-14-11-3-2-9(12)4-10(11)13/h2-4,6-7,14H,5H2,1H3. The van der Waals surface area contributed by atoms with Crippen molar-refractivity contribution < 1.29 is 4.39 Å². The van der Waals surface area contributed by atoms with Gasteiger partial charge in [-0.3, -0.25) is 4.68 Å². The zero-order valence-corrected chi connectivity index (χ0v) is 10.3. The third-order valence-electron chi connectivity index (χ3n) is 2.17. The molecule has 0 radical (unpaired) electrons. The minimum absolute atomic E-state index is 0.265. The van der Waals surface area contributed by atoms with Gasteiger partial charge >= 0.3 is 0 Å². The Hall–Kier alpha value is -1.36. The van der Waals surface area contributed by atoms with Gasteiger partial charge in [-0.2, -0.15) is 5.10 Å². The van der Waals surface area contributed by atoms with Crippen molar-refractivity contribution in [3.05, 3.63) is 46.4 Å². The van der Waals surface area contributed by atoms with E-state index in [4.69, 9.17) is 0 Å². The molecular weight excluding hydrogens is 273 g/mol. The Balaban J connectivity index is 2.04. The topological polar surface area (TPSA) is 29.9 Å². The van der Waals surface area contributed by atoms with Gasteiger partial charge in [0.2, 0.25) is 0 Å². The SMILES string of the molecule is Cn1cc(CNc2ccc(Br)cc2F)cn1. The first kappa shape index (κ1) is 11.1. The first-order valence-corrected chi connectivity index (χ1v) is 5.61. The van der Waals surface area contributed by atoms with Gasteiger partial charge in [0.15, 0.2) is 0 Å². The quantitative estimate of drug-likeness (QED) is 0.939. The number of hydrogen-bond donors (Lipinski definition) is 1. The molecule has 1 N–H and O–H groups in total. The normalized spacial score (nSPS) is 10.4. The van der Waals surface area contributed by atoms with Crippen molar-refractivity contribution in [2.75, 3.05) is 5.32 Å². The summed E-state index contributed by atoms with van der Waals surface area (Å²) in [5.74, 6) is -0.265.